The Bertz CT molecular complexity index is 1350. The van der Waals surface area contributed by atoms with E-state index in [0.29, 0.717) is 22.4 Å². The number of aryl methyl sites for hydroxylation is 1. The molecule has 0 aliphatic rings. The summed E-state index contributed by atoms with van der Waals surface area (Å²) in [6.45, 7) is 1.67. The molecule has 2 aromatic carbocycles. The first-order chi connectivity index (χ1) is 15.0. The molecule has 0 radical (unpaired) electrons. The van der Waals surface area contributed by atoms with Gasteiger partial charge in [0.1, 0.15) is 17.1 Å². The Balaban J connectivity index is 1.95. The quantitative estimate of drug-likeness (QED) is 0.328. The van der Waals surface area contributed by atoms with Crippen molar-refractivity contribution in [2.45, 2.75) is 11.8 Å². The summed E-state index contributed by atoms with van der Waals surface area (Å²) in [5, 5.41) is -0.0583. The fourth-order valence-electron chi connectivity index (χ4n) is 2.81. The molecule has 1 N–H and O–H groups in total. The number of nitrogens with one attached hydrogen (secondary N) is 1. The van der Waals surface area contributed by atoms with Crippen LogP contribution < -0.4 is 5.43 Å². The lowest BCUT2D eigenvalue weighted by atomic mass is 10.2. The lowest BCUT2D eigenvalue weighted by Gasteiger charge is -2.11. The van der Waals surface area contributed by atoms with E-state index in [2.05, 4.69) is 14.8 Å². The summed E-state index contributed by atoms with van der Waals surface area (Å²) in [4.78, 5) is 30.1. The number of methoxy groups -OCH3 is 1. The van der Waals surface area contributed by atoms with E-state index in [1.165, 1.54) is 28.8 Å². The first-order valence-electron chi connectivity index (χ1n) is 9.18. The summed E-state index contributed by atoms with van der Waals surface area (Å²) in [5.74, 6) is -0.642. The van der Waals surface area contributed by atoms with Crippen LogP contribution in [0.3, 0.4) is 0 Å². The van der Waals surface area contributed by atoms with Gasteiger partial charge >= 0.3 is 5.97 Å². The zero-order valence-corrected chi connectivity index (χ0v) is 19.2. The Morgan fingerprint density at radius 3 is 2.53 bits per heavy atom. The van der Waals surface area contributed by atoms with Gasteiger partial charge in [0.05, 0.1) is 28.7 Å². The number of carbonyl (C=O) groups is 2. The fraction of sp³-hybridized carbons (Fsp3) is 0.200. The summed E-state index contributed by atoms with van der Waals surface area (Å²) < 4.78 is 34.7. The van der Waals surface area contributed by atoms with E-state index in [1.807, 2.05) is 0 Å². The van der Waals surface area contributed by atoms with Gasteiger partial charge < -0.3 is 9.64 Å². The average molecular weight is 478 g/mol. The predicted octanol–water partition coefficient (Wildman–Crippen LogP) is 2.45. The third-order valence-corrected chi connectivity index (χ3v) is 6.05. The summed E-state index contributed by atoms with van der Waals surface area (Å²) >= 11 is 6.05. The van der Waals surface area contributed by atoms with Crippen molar-refractivity contribution in [2.75, 3.05) is 26.6 Å². The molecule has 168 valence electrons. The molecule has 0 aliphatic heterocycles. The summed E-state index contributed by atoms with van der Waals surface area (Å²) in [5.41, 5.74) is 4.07. The molecule has 0 bridgehead atoms. The molecule has 0 atom stereocenters. The molecule has 1 heterocycles. The largest absolute Gasteiger partial charge is 0.465 e. The van der Waals surface area contributed by atoms with Crippen molar-refractivity contribution in [3.8, 4) is 0 Å². The monoisotopic (exact) mass is 477 g/mol. The van der Waals surface area contributed by atoms with Gasteiger partial charge in [-0.1, -0.05) is 11.6 Å². The van der Waals surface area contributed by atoms with Gasteiger partial charge in [0.2, 0.25) is 0 Å². The van der Waals surface area contributed by atoms with Crippen LogP contribution in [-0.4, -0.2) is 62.4 Å². The Labute approximate surface area is 189 Å². The number of esters is 1. The van der Waals surface area contributed by atoms with Crippen molar-refractivity contribution in [3.63, 3.8) is 0 Å². The number of sulfonamides is 1. The molecule has 1 amide bonds. The lowest BCUT2D eigenvalue weighted by Crippen LogP contribution is -2.24. The molecule has 3 rings (SSSR count). The fourth-order valence-corrected chi connectivity index (χ4v) is 4.23. The number of ether oxygens (including phenoxy) is 1. The first kappa shape index (κ1) is 23.2. The maximum Gasteiger partial charge on any atom is 0.337 e. The highest BCUT2D eigenvalue weighted by Crippen LogP contribution is 2.25. The van der Waals surface area contributed by atoms with Gasteiger partial charge in [-0.05, 0) is 43.3 Å². The lowest BCUT2D eigenvalue weighted by molar-refractivity contribution is 0.0600. The Morgan fingerprint density at radius 1 is 1.19 bits per heavy atom. The Kier molecular flexibility index (Phi) is 6.51. The molecule has 3 aromatic rings. The predicted molar refractivity (Wildman–Crippen MR) is 120 cm³/mol. The minimum absolute atomic E-state index is 0.0560. The average Bonchev–Trinajstić information content (AvgIpc) is 3.06. The number of halogens is 1. The first-order valence-corrected chi connectivity index (χ1v) is 11.0. The highest BCUT2D eigenvalue weighted by atomic mass is 35.5. The van der Waals surface area contributed by atoms with Crippen molar-refractivity contribution in [1.82, 2.24) is 14.6 Å². The number of aromatic nitrogens is 2. The molecule has 1 aromatic heterocycles. The van der Waals surface area contributed by atoms with Gasteiger partial charge in [-0.2, -0.15) is 8.42 Å². The van der Waals surface area contributed by atoms with Crippen molar-refractivity contribution < 1.29 is 22.7 Å². The van der Waals surface area contributed by atoms with Gasteiger partial charge in [0.25, 0.3) is 15.9 Å². The smallest absolute Gasteiger partial charge is 0.337 e. The van der Waals surface area contributed by atoms with Crippen LogP contribution in [0.25, 0.3) is 11.0 Å². The number of amides is 1. The minimum Gasteiger partial charge on any atom is -0.465 e. The summed E-state index contributed by atoms with van der Waals surface area (Å²) in [6, 6.07) is 8.59. The number of benzene rings is 2. The third-order valence-electron chi connectivity index (χ3n) is 4.34. The molecule has 0 unspecified atom stereocenters. The number of rotatable bonds is 6. The highest BCUT2D eigenvalue weighted by molar-refractivity contribution is 7.90. The molecule has 0 fully saturated rings. The van der Waals surface area contributed by atoms with Gasteiger partial charge in [-0.15, -0.1) is 4.40 Å². The van der Waals surface area contributed by atoms with E-state index in [-0.39, 0.29) is 15.5 Å². The zero-order valence-electron chi connectivity index (χ0n) is 17.7. The number of nitrogens with zero attached hydrogens (tertiary/aromatic N) is 4. The number of hydrogen-bond donors (Lipinski definition) is 1. The summed E-state index contributed by atoms with van der Waals surface area (Å²) in [7, 11) is 0.414. The normalized spacial score (nSPS) is 11.7. The second kappa shape index (κ2) is 8.97. The highest BCUT2D eigenvalue weighted by Gasteiger charge is 2.20. The Morgan fingerprint density at radius 2 is 1.88 bits per heavy atom. The van der Waals surface area contributed by atoms with Gasteiger partial charge in [0.15, 0.2) is 0 Å². The molecule has 12 heteroatoms. The van der Waals surface area contributed by atoms with E-state index < -0.39 is 21.9 Å². The number of hydrogen-bond acceptors (Lipinski definition) is 6. The molecule has 32 heavy (non-hydrogen) atoms. The standard InChI is InChI=1S/C20H20ClN5O5S/c1-12-23-16-9-14(20(28)31-4)6-8-17(16)26(12)24-19(27)13-5-7-15(21)18(10-13)32(29,30)22-11-25(2)3/h5-11H,1-4H3,(H,24,27). The van der Waals surface area contributed by atoms with Gasteiger partial charge in [-0.25, -0.2) is 14.5 Å². The SMILES string of the molecule is COC(=O)c1ccc2c(c1)nc(C)n2NC(=O)c1ccc(Cl)c(S(=O)(=O)N=CN(C)C)c1. The maximum absolute atomic E-state index is 12.9. The molecular weight excluding hydrogens is 458 g/mol. The Hall–Kier alpha value is -3.44. The molecule has 0 spiro atoms. The topological polar surface area (TPSA) is 123 Å². The molecule has 10 nitrogen and oxygen atoms in total. The minimum atomic E-state index is -4.11. The van der Waals surface area contributed by atoms with Crippen molar-refractivity contribution in [1.29, 1.82) is 0 Å². The van der Waals surface area contributed by atoms with Crippen LogP contribution in [0.5, 0.6) is 0 Å². The van der Waals surface area contributed by atoms with Crippen LogP contribution in [0.1, 0.15) is 26.5 Å². The maximum atomic E-state index is 12.9. The van der Waals surface area contributed by atoms with Gasteiger partial charge in [0, 0.05) is 19.7 Å². The number of fused-ring (bicyclic) bond motifs is 1. The molecule has 0 aliphatic carbocycles. The van der Waals surface area contributed by atoms with Crippen LogP contribution in [0, 0.1) is 6.92 Å². The van der Waals surface area contributed by atoms with Crippen LogP contribution in [0.2, 0.25) is 5.02 Å². The summed E-state index contributed by atoms with van der Waals surface area (Å²) in [6.07, 6.45) is 1.13. The van der Waals surface area contributed by atoms with Crippen LogP contribution in [0.15, 0.2) is 45.7 Å². The molecule has 0 saturated carbocycles. The van der Waals surface area contributed by atoms with Crippen molar-refractivity contribution in [2.24, 2.45) is 4.40 Å². The van der Waals surface area contributed by atoms with Crippen LogP contribution >= 0.6 is 11.6 Å². The number of imidazole rings is 1. The van der Waals surface area contributed by atoms with E-state index in [1.54, 1.807) is 39.2 Å². The van der Waals surface area contributed by atoms with E-state index in [4.69, 9.17) is 16.3 Å². The van der Waals surface area contributed by atoms with Crippen LogP contribution in [0.4, 0.5) is 0 Å². The molecular formula is C20H20ClN5O5S. The van der Waals surface area contributed by atoms with Crippen LogP contribution in [-0.2, 0) is 14.8 Å². The second-order valence-corrected chi connectivity index (χ2v) is 8.94. The zero-order chi connectivity index (χ0) is 23.6. The third kappa shape index (κ3) is 4.73. The van der Waals surface area contributed by atoms with E-state index >= 15 is 0 Å². The van der Waals surface area contributed by atoms with Crippen molar-refractivity contribution in [3.05, 3.63) is 58.4 Å². The van der Waals surface area contributed by atoms with Gasteiger partial charge in [-0.3, -0.25) is 10.2 Å². The van der Waals surface area contributed by atoms with Crippen molar-refractivity contribution >= 4 is 50.9 Å². The molecule has 0 saturated heterocycles. The van der Waals surface area contributed by atoms with E-state index in [9.17, 15) is 18.0 Å². The van der Waals surface area contributed by atoms with E-state index in [0.717, 1.165) is 12.4 Å². The second-order valence-electron chi connectivity index (χ2n) is 6.94. The number of carbonyl (C=O) groups excluding carboxylic acids is 2.